The second-order valence-electron chi connectivity index (χ2n) is 6.71. The minimum absolute atomic E-state index is 0.0292. The Balaban J connectivity index is 2.33. The van der Waals surface area contributed by atoms with E-state index in [2.05, 4.69) is 43.2 Å². The summed E-state index contributed by atoms with van der Waals surface area (Å²) in [5.74, 6) is 2.68. The van der Waals surface area contributed by atoms with Gasteiger partial charge in [0, 0.05) is 17.3 Å². The molecule has 110 valence electrons. The van der Waals surface area contributed by atoms with Gasteiger partial charge in [-0.1, -0.05) is 26.1 Å². The lowest BCUT2D eigenvalue weighted by Crippen LogP contribution is -2.58. The molecule has 2 rings (SSSR count). The minimum Gasteiger partial charge on any atom is -0.264 e. The molecule has 19 heavy (non-hydrogen) atoms. The van der Waals surface area contributed by atoms with E-state index in [4.69, 9.17) is 0 Å². The number of hydrogen-bond acceptors (Lipinski definition) is 4. The summed E-state index contributed by atoms with van der Waals surface area (Å²) >= 11 is 4.13. The lowest BCUT2D eigenvalue weighted by Gasteiger charge is -2.51. The lowest BCUT2D eigenvalue weighted by atomic mass is 9.85. The van der Waals surface area contributed by atoms with E-state index in [0.717, 1.165) is 19.3 Å². The Morgan fingerprint density at radius 3 is 2.21 bits per heavy atom. The predicted molar refractivity (Wildman–Crippen MR) is 88.4 cm³/mol. The van der Waals surface area contributed by atoms with Gasteiger partial charge in [-0.15, -0.1) is 23.5 Å². The maximum Gasteiger partial charge on any atom is 0.217 e. The molecule has 0 aromatic rings. The summed E-state index contributed by atoms with van der Waals surface area (Å²) in [6.45, 7) is 7.22. The second kappa shape index (κ2) is 5.98. The predicted octanol–water partition coefficient (Wildman–Crippen LogP) is 4.27. The van der Waals surface area contributed by atoms with Gasteiger partial charge >= 0.3 is 0 Å². The van der Waals surface area contributed by atoms with Crippen LogP contribution in [-0.2, 0) is 0 Å². The Morgan fingerprint density at radius 2 is 1.68 bits per heavy atom. The number of nitrogens with zero attached hydrogens (tertiary/aromatic N) is 1. The van der Waals surface area contributed by atoms with Gasteiger partial charge in [0.05, 0.1) is 11.8 Å². The molecular formula is C13H25NO2S2Si. The van der Waals surface area contributed by atoms with Gasteiger partial charge in [0.2, 0.25) is 6.04 Å². The topological polar surface area (TPSA) is 43.1 Å². The lowest BCUT2D eigenvalue weighted by molar-refractivity contribution is -0.535. The largest absolute Gasteiger partial charge is 0.264 e. The van der Waals surface area contributed by atoms with Crippen LogP contribution in [0, 0.1) is 16.0 Å². The maximum absolute atomic E-state index is 11.5. The fraction of sp³-hybridized carbons (Fsp3) is 1.00. The van der Waals surface area contributed by atoms with Crippen molar-refractivity contribution in [2.75, 3.05) is 11.5 Å². The highest BCUT2D eigenvalue weighted by Gasteiger charge is 2.56. The third-order valence-electron chi connectivity index (χ3n) is 4.46. The van der Waals surface area contributed by atoms with E-state index >= 15 is 0 Å². The maximum atomic E-state index is 11.5. The minimum atomic E-state index is -1.46. The zero-order chi connectivity index (χ0) is 14.1. The first-order valence-corrected chi connectivity index (χ1v) is 12.8. The fourth-order valence-electron chi connectivity index (χ4n) is 3.56. The monoisotopic (exact) mass is 319 g/mol. The Labute approximate surface area is 125 Å². The molecule has 2 fully saturated rings. The SMILES string of the molecule is C[Si](C)(C)C1(C2CCCCC2[N+](=O)[O-])SCCCS1. The first-order chi connectivity index (χ1) is 8.88. The number of nitro groups is 1. The van der Waals surface area contributed by atoms with Gasteiger partial charge < -0.3 is 0 Å². The van der Waals surface area contributed by atoms with Crippen molar-refractivity contribution >= 4 is 31.6 Å². The molecule has 1 heterocycles. The van der Waals surface area contributed by atoms with Crippen LogP contribution in [0.3, 0.4) is 0 Å². The molecule has 0 N–H and O–H groups in total. The molecule has 1 saturated carbocycles. The van der Waals surface area contributed by atoms with Crippen LogP contribution in [0.15, 0.2) is 0 Å². The fourth-order valence-corrected chi connectivity index (χ4v) is 12.3. The van der Waals surface area contributed by atoms with Crippen molar-refractivity contribution in [3.63, 3.8) is 0 Å². The average Bonchev–Trinajstić information content (AvgIpc) is 2.38. The van der Waals surface area contributed by atoms with Crippen molar-refractivity contribution < 1.29 is 4.92 Å². The van der Waals surface area contributed by atoms with Crippen molar-refractivity contribution in [1.29, 1.82) is 0 Å². The van der Waals surface area contributed by atoms with Gasteiger partial charge in [0.1, 0.15) is 0 Å². The standard InChI is InChI=1S/C13H25NO2S2Si/c1-19(2,3)13(17-9-6-10-18-13)11-7-4-5-8-12(11)14(15)16/h11-12H,4-10H2,1-3H3. The molecule has 0 amide bonds. The van der Waals surface area contributed by atoms with E-state index in [9.17, 15) is 10.1 Å². The highest BCUT2D eigenvalue weighted by molar-refractivity contribution is 8.21. The molecule has 0 radical (unpaired) electrons. The van der Waals surface area contributed by atoms with E-state index in [1.807, 2.05) is 0 Å². The molecule has 3 nitrogen and oxygen atoms in total. The third kappa shape index (κ3) is 3.00. The van der Waals surface area contributed by atoms with Crippen LogP contribution in [0.1, 0.15) is 32.1 Å². The number of hydrogen-bond donors (Lipinski definition) is 0. The van der Waals surface area contributed by atoms with E-state index in [1.54, 1.807) is 0 Å². The molecule has 1 saturated heterocycles. The van der Waals surface area contributed by atoms with Crippen molar-refractivity contribution in [2.45, 2.75) is 61.5 Å². The zero-order valence-corrected chi connectivity index (χ0v) is 14.8. The average molecular weight is 320 g/mol. The summed E-state index contributed by atoms with van der Waals surface area (Å²) in [7, 11) is -1.46. The Hall–Kier alpha value is 0.317. The molecule has 0 aromatic heterocycles. The van der Waals surface area contributed by atoms with Gasteiger partial charge in [0.15, 0.2) is 0 Å². The Kier molecular flexibility index (Phi) is 4.94. The van der Waals surface area contributed by atoms with Crippen LogP contribution in [-0.4, -0.2) is 34.2 Å². The summed E-state index contributed by atoms with van der Waals surface area (Å²) in [4.78, 5) is 11.5. The van der Waals surface area contributed by atoms with Crippen LogP contribution < -0.4 is 0 Å². The smallest absolute Gasteiger partial charge is 0.217 e. The van der Waals surface area contributed by atoms with Crippen LogP contribution in [0.25, 0.3) is 0 Å². The summed E-state index contributed by atoms with van der Waals surface area (Å²) in [5, 5.41) is 11.5. The van der Waals surface area contributed by atoms with Crippen molar-refractivity contribution in [2.24, 2.45) is 5.92 Å². The molecule has 0 bridgehead atoms. The molecule has 1 aliphatic carbocycles. The van der Waals surface area contributed by atoms with E-state index in [1.165, 1.54) is 24.3 Å². The van der Waals surface area contributed by atoms with Crippen molar-refractivity contribution in [3.8, 4) is 0 Å². The zero-order valence-electron chi connectivity index (χ0n) is 12.2. The third-order valence-corrected chi connectivity index (χ3v) is 14.6. The van der Waals surface area contributed by atoms with E-state index < -0.39 is 8.07 Å². The molecule has 0 aromatic carbocycles. The first-order valence-electron chi connectivity index (χ1n) is 7.30. The highest BCUT2D eigenvalue weighted by Crippen LogP contribution is 2.56. The Morgan fingerprint density at radius 1 is 1.11 bits per heavy atom. The van der Waals surface area contributed by atoms with Crippen molar-refractivity contribution in [1.82, 2.24) is 0 Å². The van der Waals surface area contributed by atoms with Gasteiger partial charge in [-0.3, -0.25) is 10.1 Å². The van der Waals surface area contributed by atoms with E-state index in [0.29, 0.717) is 5.92 Å². The number of thioether (sulfide) groups is 2. The molecular weight excluding hydrogens is 294 g/mol. The van der Waals surface area contributed by atoms with Crippen LogP contribution in [0.4, 0.5) is 0 Å². The van der Waals surface area contributed by atoms with Gasteiger partial charge in [-0.2, -0.15) is 0 Å². The van der Waals surface area contributed by atoms with Crippen molar-refractivity contribution in [3.05, 3.63) is 10.1 Å². The van der Waals surface area contributed by atoms with Gasteiger partial charge in [0.25, 0.3) is 0 Å². The molecule has 2 unspecified atom stereocenters. The molecule has 2 atom stereocenters. The van der Waals surface area contributed by atoms with Gasteiger partial charge in [-0.05, 0) is 30.8 Å². The molecule has 2 aliphatic rings. The highest BCUT2D eigenvalue weighted by atomic mass is 32.2. The second-order valence-corrected chi connectivity index (χ2v) is 15.7. The van der Waals surface area contributed by atoms with Gasteiger partial charge in [-0.25, -0.2) is 0 Å². The Bertz CT molecular complexity index is 340. The summed E-state index contributed by atoms with van der Waals surface area (Å²) in [5.41, 5.74) is 0. The first kappa shape index (κ1) is 15.7. The summed E-state index contributed by atoms with van der Waals surface area (Å²) in [6, 6.07) is -0.293. The molecule has 0 spiro atoms. The summed E-state index contributed by atoms with van der Waals surface area (Å²) in [6.07, 6.45) is 5.35. The quantitative estimate of drug-likeness (QED) is 0.443. The molecule has 1 aliphatic heterocycles. The van der Waals surface area contributed by atoms with Crippen LogP contribution >= 0.6 is 23.5 Å². The van der Waals surface area contributed by atoms with E-state index in [-0.39, 0.29) is 14.7 Å². The molecule has 6 heteroatoms. The van der Waals surface area contributed by atoms with Crippen LogP contribution in [0.5, 0.6) is 0 Å². The normalized spacial score (nSPS) is 31.9. The summed E-state index contributed by atoms with van der Waals surface area (Å²) < 4.78 is 0.170. The number of rotatable bonds is 3. The van der Waals surface area contributed by atoms with Crippen LogP contribution in [0.2, 0.25) is 19.6 Å².